The molecule has 0 aliphatic carbocycles. The van der Waals surface area contributed by atoms with Gasteiger partial charge in [-0.2, -0.15) is 0 Å². The van der Waals surface area contributed by atoms with Crippen LogP contribution in [0, 0.1) is 5.41 Å². The van der Waals surface area contributed by atoms with Crippen molar-refractivity contribution in [3.8, 4) is 11.5 Å². The summed E-state index contributed by atoms with van der Waals surface area (Å²) in [5.41, 5.74) is 0.877. The van der Waals surface area contributed by atoms with Gasteiger partial charge < -0.3 is 9.47 Å². The van der Waals surface area contributed by atoms with E-state index >= 15 is 0 Å². The number of nitrogens with one attached hydrogen (secondary N) is 1. The Morgan fingerprint density at radius 2 is 2.00 bits per heavy atom. The second-order valence-corrected chi connectivity index (χ2v) is 3.71. The zero-order valence-electron chi connectivity index (χ0n) is 7.87. The van der Waals surface area contributed by atoms with Crippen LogP contribution in [0.25, 0.3) is 0 Å². The molecule has 0 unspecified atom stereocenters. The molecule has 14 heavy (non-hydrogen) atoms. The Morgan fingerprint density at radius 3 is 2.71 bits per heavy atom. The molecule has 2 rings (SSSR count). The molecule has 0 radical (unpaired) electrons. The lowest BCUT2D eigenvalue weighted by Crippen LogP contribution is -2.15. The molecule has 0 amide bonds. The highest BCUT2D eigenvalue weighted by Crippen LogP contribution is 2.31. The summed E-state index contributed by atoms with van der Waals surface area (Å²) in [6.45, 7) is 1.19. The fourth-order valence-electron chi connectivity index (χ4n) is 1.30. The maximum absolute atomic E-state index is 7.66. The van der Waals surface area contributed by atoms with Gasteiger partial charge in [-0.05, 0) is 24.5 Å². The van der Waals surface area contributed by atoms with Gasteiger partial charge >= 0.3 is 0 Å². The van der Waals surface area contributed by atoms with E-state index in [9.17, 15) is 0 Å². The van der Waals surface area contributed by atoms with E-state index < -0.39 is 0 Å². The maximum Gasteiger partial charge on any atom is 0.162 e. The number of hydrogen-bond acceptors (Lipinski definition) is 4. The minimum atomic E-state index is 0.543. The van der Waals surface area contributed by atoms with E-state index in [0.29, 0.717) is 18.3 Å². The van der Waals surface area contributed by atoms with Crippen molar-refractivity contribution in [3.05, 3.63) is 23.8 Å². The molecule has 3 nitrogen and oxygen atoms in total. The molecule has 1 aliphatic rings. The van der Waals surface area contributed by atoms with Gasteiger partial charge in [-0.15, -0.1) is 11.8 Å². The van der Waals surface area contributed by atoms with Gasteiger partial charge in [-0.1, -0.05) is 0 Å². The minimum Gasteiger partial charge on any atom is -0.486 e. The molecular formula is C10H11NO2S. The Morgan fingerprint density at radius 1 is 1.29 bits per heavy atom. The Labute approximate surface area is 86.9 Å². The number of ether oxygens (including phenoxy) is 2. The molecule has 74 valence electrons. The zero-order chi connectivity index (χ0) is 9.97. The largest absolute Gasteiger partial charge is 0.486 e. The van der Waals surface area contributed by atoms with Crippen LogP contribution in [0.2, 0.25) is 0 Å². The van der Waals surface area contributed by atoms with Crippen molar-refractivity contribution in [3.63, 3.8) is 0 Å². The third-order valence-electron chi connectivity index (χ3n) is 2.01. The number of thioether (sulfide) groups is 1. The lowest BCUT2D eigenvalue weighted by molar-refractivity contribution is 0.171. The van der Waals surface area contributed by atoms with Gasteiger partial charge in [-0.25, -0.2) is 0 Å². The van der Waals surface area contributed by atoms with Gasteiger partial charge in [0.2, 0.25) is 0 Å². The van der Waals surface area contributed by atoms with Gasteiger partial charge in [0.05, 0.1) is 5.04 Å². The van der Waals surface area contributed by atoms with E-state index in [1.165, 1.54) is 11.8 Å². The fourth-order valence-corrected chi connectivity index (χ4v) is 1.67. The van der Waals surface area contributed by atoms with Crippen LogP contribution < -0.4 is 9.47 Å². The SMILES string of the molecule is CSC(=N)c1ccc2c(c1)OCCO2. The van der Waals surface area contributed by atoms with Crippen LogP contribution in [-0.2, 0) is 0 Å². The number of fused-ring (bicyclic) bond motifs is 1. The van der Waals surface area contributed by atoms with Gasteiger partial charge in [0.15, 0.2) is 11.5 Å². The second-order valence-electron chi connectivity index (χ2n) is 2.89. The van der Waals surface area contributed by atoms with Crippen LogP contribution in [0.15, 0.2) is 18.2 Å². The lowest BCUT2D eigenvalue weighted by atomic mass is 10.2. The molecule has 0 fully saturated rings. The highest BCUT2D eigenvalue weighted by molar-refractivity contribution is 8.13. The summed E-state index contributed by atoms with van der Waals surface area (Å²) in [7, 11) is 0. The van der Waals surface area contributed by atoms with Crippen LogP contribution in [0.5, 0.6) is 11.5 Å². The maximum atomic E-state index is 7.66. The average Bonchev–Trinajstić information content (AvgIpc) is 2.27. The summed E-state index contributed by atoms with van der Waals surface area (Å²) in [5.74, 6) is 1.52. The number of hydrogen-bond donors (Lipinski definition) is 1. The molecule has 4 heteroatoms. The summed E-state index contributed by atoms with van der Waals surface area (Å²) in [4.78, 5) is 0. The summed E-state index contributed by atoms with van der Waals surface area (Å²) >= 11 is 1.42. The number of benzene rings is 1. The monoisotopic (exact) mass is 209 g/mol. The third kappa shape index (κ3) is 1.70. The summed E-state index contributed by atoms with van der Waals surface area (Å²) in [6.07, 6.45) is 1.89. The fraction of sp³-hybridized carbons (Fsp3) is 0.300. The molecule has 0 spiro atoms. The van der Waals surface area contributed by atoms with E-state index in [-0.39, 0.29) is 0 Å². The van der Waals surface area contributed by atoms with E-state index in [1.54, 1.807) is 0 Å². The van der Waals surface area contributed by atoms with Gasteiger partial charge in [0, 0.05) is 5.56 Å². The first kappa shape index (κ1) is 9.40. The van der Waals surface area contributed by atoms with E-state index in [4.69, 9.17) is 14.9 Å². The predicted octanol–water partition coefficient (Wildman–Crippen LogP) is 2.15. The topological polar surface area (TPSA) is 42.3 Å². The molecule has 1 aliphatic heterocycles. The van der Waals surface area contributed by atoms with Crippen LogP contribution in [-0.4, -0.2) is 24.5 Å². The van der Waals surface area contributed by atoms with Crippen molar-refractivity contribution in [1.82, 2.24) is 0 Å². The van der Waals surface area contributed by atoms with Crippen molar-refractivity contribution in [2.75, 3.05) is 19.5 Å². The molecule has 0 saturated heterocycles. The van der Waals surface area contributed by atoms with Crippen LogP contribution in [0.4, 0.5) is 0 Å². The van der Waals surface area contributed by atoms with Crippen LogP contribution in [0.3, 0.4) is 0 Å². The highest BCUT2D eigenvalue weighted by Gasteiger charge is 2.12. The predicted molar refractivity (Wildman–Crippen MR) is 57.8 cm³/mol. The molecule has 0 bridgehead atoms. The Balaban J connectivity index is 2.33. The van der Waals surface area contributed by atoms with E-state index in [2.05, 4.69) is 0 Å². The molecule has 1 aromatic rings. The molecule has 1 heterocycles. The van der Waals surface area contributed by atoms with Crippen molar-refractivity contribution >= 4 is 16.8 Å². The zero-order valence-corrected chi connectivity index (χ0v) is 8.69. The summed E-state index contributed by atoms with van der Waals surface area (Å²) in [5, 5.41) is 8.21. The van der Waals surface area contributed by atoms with E-state index in [0.717, 1.165) is 17.1 Å². The van der Waals surface area contributed by atoms with Crippen LogP contribution in [0.1, 0.15) is 5.56 Å². The molecule has 0 atom stereocenters. The van der Waals surface area contributed by atoms with Crippen molar-refractivity contribution in [2.45, 2.75) is 0 Å². The standard InChI is InChI=1S/C10H11NO2S/c1-14-10(11)7-2-3-8-9(6-7)13-5-4-12-8/h2-3,6,11H,4-5H2,1H3. The summed E-state index contributed by atoms with van der Waals surface area (Å²) < 4.78 is 10.8. The van der Waals surface area contributed by atoms with Gasteiger partial charge in [-0.3, -0.25) is 5.41 Å². The quantitative estimate of drug-likeness (QED) is 0.569. The third-order valence-corrected chi connectivity index (χ3v) is 2.65. The first-order chi connectivity index (χ1) is 6.81. The van der Waals surface area contributed by atoms with Crippen molar-refractivity contribution in [1.29, 1.82) is 5.41 Å². The van der Waals surface area contributed by atoms with Crippen LogP contribution >= 0.6 is 11.8 Å². The Kier molecular flexibility index (Phi) is 2.63. The number of rotatable bonds is 1. The van der Waals surface area contributed by atoms with Crippen molar-refractivity contribution < 1.29 is 9.47 Å². The molecule has 1 N–H and O–H groups in total. The molecule has 0 aromatic heterocycles. The normalized spacial score (nSPS) is 13.8. The second kappa shape index (κ2) is 3.92. The highest BCUT2D eigenvalue weighted by atomic mass is 32.2. The molecule has 1 aromatic carbocycles. The average molecular weight is 209 g/mol. The minimum absolute atomic E-state index is 0.543. The summed E-state index contributed by atoms with van der Waals surface area (Å²) in [6, 6.07) is 5.59. The molecule has 0 saturated carbocycles. The van der Waals surface area contributed by atoms with Gasteiger partial charge in [0.1, 0.15) is 13.2 Å². The van der Waals surface area contributed by atoms with E-state index in [1.807, 2.05) is 24.5 Å². The first-order valence-corrected chi connectivity index (χ1v) is 5.56. The molecular weight excluding hydrogens is 198 g/mol. The van der Waals surface area contributed by atoms with Gasteiger partial charge in [0.25, 0.3) is 0 Å². The smallest absolute Gasteiger partial charge is 0.162 e. The Hall–Kier alpha value is -1.16. The first-order valence-electron chi connectivity index (χ1n) is 4.34. The van der Waals surface area contributed by atoms with Crippen molar-refractivity contribution in [2.24, 2.45) is 0 Å². The lowest BCUT2D eigenvalue weighted by Gasteiger charge is -2.18. The Bertz CT molecular complexity index is 365.